The smallest absolute Gasteiger partial charge is 0.264 e. The van der Waals surface area contributed by atoms with Crippen LogP contribution in [0.4, 0.5) is 8.78 Å². The molecule has 1 aliphatic rings. The second-order valence-electron chi connectivity index (χ2n) is 5.60. The van der Waals surface area contributed by atoms with Gasteiger partial charge in [-0.25, -0.2) is 8.78 Å². The molecule has 116 valence electrons. The summed E-state index contributed by atoms with van der Waals surface area (Å²) in [5.74, 6) is 0.429. The number of carbonyl (C=O) groups excluding carboxylic acids is 1. The minimum atomic E-state index is -2.53. The van der Waals surface area contributed by atoms with Crippen molar-refractivity contribution in [1.82, 2.24) is 0 Å². The van der Waals surface area contributed by atoms with Gasteiger partial charge in [0.15, 0.2) is 0 Å². The Labute approximate surface area is 137 Å². The fourth-order valence-corrected chi connectivity index (χ4v) is 3.85. The van der Waals surface area contributed by atoms with Gasteiger partial charge in [0.25, 0.3) is 6.43 Å². The molecule has 5 heteroatoms. The summed E-state index contributed by atoms with van der Waals surface area (Å²) in [5, 5.41) is 0. The third-order valence-corrected chi connectivity index (χ3v) is 4.99. The van der Waals surface area contributed by atoms with E-state index in [1.54, 1.807) is 12.1 Å². The van der Waals surface area contributed by atoms with E-state index >= 15 is 0 Å². The van der Waals surface area contributed by atoms with Crippen molar-refractivity contribution in [3.63, 3.8) is 0 Å². The third kappa shape index (κ3) is 3.31. The maximum absolute atomic E-state index is 13.3. The van der Waals surface area contributed by atoms with Crippen LogP contribution in [0.15, 0.2) is 22.7 Å². The topological polar surface area (TPSA) is 17.1 Å². The molecule has 1 aliphatic carbocycles. The highest BCUT2D eigenvalue weighted by atomic mass is 79.9. The predicted molar refractivity (Wildman–Crippen MR) is 84.1 cm³/mol. The van der Waals surface area contributed by atoms with Gasteiger partial charge in [0.1, 0.15) is 5.78 Å². The molecule has 0 N–H and O–H groups in total. The number of alkyl halides is 3. The summed E-state index contributed by atoms with van der Waals surface area (Å²) in [5.41, 5.74) is 0.104. The van der Waals surface area contributed by atoms with Crippen molar-refractivity contribution in [1.29, 1.82) is 0 Å². The molecule has 0 heterocycles. The summed E-state index contributed by atoms with van der Waals surface area (Å²) in [4.78, 5) is 12.4. The Hall–Kier alpha value is -0.480. The van der Waals surface area contributed by atoms with Crippen molar-refractivity contribution < 1.29 is 13.6 Å². The minimum Gasteiger partial charge on any atom is -0.299 e. The summed E-state index contributed by atoms with van der Waals surface area (Å²) in [6.45, 7) is 1.95. The van der Waals surface area contributed by atoms with E-state index in [0.29, 0.717) is 35.2 Å². The van der Waals surface area contributed by atoms with Gasteiger partial charge >= 0.3 is 0 Å². The Morgan fingerprint density at radius 3 is 2.81 bits per heavy atom. The zero-order chi connectivity index (χ0) is 15.6. The molecule has 21 heavy (non-hydrogen) atoms. The van der Waals surface area contributed by atoms with Gasteiger partial charge in [0.05, 0.1) is 0 Å². The fraction of sp³-hybridized carbons (Fsp3) is 0.562. The van der Waals surface area contributed by atoms with Crippen molar-refractivity contribution in [3.05, 3.63) is 33.8 Å². The number of Topliss-reactive ketones (excluding diaryl/α,β-unsaturated/α-hetero) is 1. The first-order valence-corrected chi connectivity index (χ1v) is 8.45. The third-order valence-electron chi connectivity index (χ3n) is 4.31. The number of rotatable bonds is 7. The molecule has 0 bridgehead atoms. The first-order chi connectivity index (χ1) is 9.96. The van der Waals surface area contributed by atoms with Gasteiger partial charge in [0.2, 0.25) is 0 Å². The quantitative estimate of drug-likeness (QED) is 0.542. The SMILES string of the molecule is CCCC(=O)C1(CCCl)CC1c1ccc(Br)cc1C(F)F. The lowest BCUT2D eigenvalue weighted by atomic mass is 9.88. The van der Waals surface area contributed by atoms with E-state index < -0.39 is 11.8 Å². The molecule has 2 atom stereocenters. The van der Waals surface area contributed by atoms with Crippen LogP contribution < -0.4 is 0 Å². The van der Waals surface area contributed by atoms with Crippen LogP contribution in [0, 0.1) is 5.41 Å². The highest BCUT2D eigenvalue weighted by molar-refractivity contribution is 9.10. The van der Waals surface area contributed by atoms with Gasteiger partial charge in [0, 0.05) is 27.8 Å². The molecule has 0 aliphatic heterocycles. The molecule has 2 rings (SSSR count). The number of benzene rings is 1. The molecule has 2 unspecified atom stereocenters. The van der Waals surface area contributed by atoms with Gasteiger partial charge in [-0.1, -0.05) is 28.9 Å². The van der Waals surface area contributed by atoms with E-state index in [9.17, 15) is 13.6 Å². The lowest BCUT2D eigenvalue weighted by molar-refractivity contribution is -0.124. The number of carbonyl (C=O) groups is 1. The average Bonchev–Trinajstić information content (AvgIpc) is 3.15. The van der Waals surface area contributed by atoms with Crippen molar-refractivity contribution >= 4 is 33.3 Å². The first kappa shape index (κ1) is 16.9. The number of ketones is 1. The van der Waals surface area contributed by atoms with E-state index in [0.717, 1.165) is 6.42 Å². The number of hydrogen-bond donors (Lipinski definition) is 0. The molecule has 0 amide bonds. The zero-order valence-electron chi connectivity index (χ0n) is 11.8. The summed E-state index contributed by atoms with van der Waals surface area (Å²) in [7, 11) is 0. The number of halogens is 4. The second-order valence-corrected chi connectivity index (χ2v) is 6.89. The average molecular weight is 380 g/mol. The van der Waals surface area contributed by atoms with Crippen molar-refractivity contribution in [2.75, 3.05) is 5.88 Å². The van der Waals surface area contributed by atoms with Gasteiger partial charge in [-0.15, -0.1) is 11.6 Å². The Morgan fingerprint density at radius 2 is 2.24 bits per heavy atom. The van der Waals surface area contributed by atoms with Crippen LogP contribution in [0.3, 0.4) is 0 Å². The van der Waals surface area contributed by atoms with Crippen molar-refractivity contribution in [3.8, 4) is 0 Å². The Balaban J connectivity index is 2.33. The van der Waals surface area contributed by atoms with E-state index in [-0.39, 0.29) is 17.3 Å². The lowest BCUT2D eigenvalue weighted by Gasteiger charge is -2.17. The molecule has 1 nitrogen and oxygen atoms in total. The normalized spacial score (nSPS) is 24.4. The minimum absolute atomic E-state index is 0.0233. The second kappa shape index (κ2) is 6.74. The standard InChI is InChI=1S/C16H18BrClF2O/c1-2-3-14(21)16(6-7-18)9-13(16)11-5-4-10(17)8-12(11)15(19)20/h4-5,8,13,15H,2-3,6-7,9H2,1H3. The molecule has 1 saturated carbocycles. The molecular weight excluding hydrogens is 362 g/mol. The van der Waals surface area contributed by atoms with Crippen LogP contribution in [0.25, 0.3) is 0 Å². The summed E-state index contributed by atoms with van der Waals surface area (Å²) >= 11 is 9.07. The van der Waals surface area contributed by atoms with Crippen LogP contribution in [0.2, 0.25) is 0 Å². The van der Waals surface area contributed by atoms with Gasteiger partial charge in [-0.2, -0.15) is 0 Å². The van der Waals surface area contributed by atoms with E-state index in [2.05, 4.69) is 15.9 Å². The van der Waals surface area contributed by atoms with E-state index in [4.69, 9.17) is 11.6 Å². The van der Waals surface area contributed by atoms with Gasteiger partial charge in [-0.3, -0.25) is 4.79 Å². The Kier molecular flexibility index (Phi) is 5.42. The van der Waals surface area contributed by atoms with Crippen LogP contribution in [-0.4, -0.2) is 11.7 Å². The molecule has 1 aromatic rings. The summed E-state index contributed by atoms with van der Waals surface area (Å²) in [6, 6.07) is 4.93. The van der Waals surface area contributed by atoms with Crippen molar-refractivity contribution in [2.45, 2.75) is 45.0 Å². The van der Waals surface area contributed by atoms with E-state index in [1.807, 2.05) is 6.92 Å². The van der Waals surface area contributed by atoms with E-state index in [1.165, 1.54) is 6.07 Å². The monoisotopic (exact) mass is 378 g/mol. The van der Waals surface area contributed by atoms with Gasteiger partial charge in [-0.05, 0) is 42.9 Å². The number of hydrogen-bond acceptors (Lipinski definition) is 1. The Morgan fingerprint density at radius 1 is 1.52 bits per heavy atom. The predicted octanol–water partition coefficient (Wildman–Crippen LogP) is 5.86. The summed E-state index contributed by atoms with van der Waals surface area (Å²) < 4.78 is 27.1. The molecular formula is C16H18BrClF2O. The van der Waals surface area contributed by atoms with Crippen LogP contribution in [-0.2, 0) is 4.79 Å². The lowest BCUT2D eigenvalue weighted by Crippen LogP contribution is -2.19. The highest BCUT2D eigenvalue weighted by Crippen LogP contribution is 2.64. The summed E-state index contributed by atoms with van der Waals surface area (Å²) in [6.07, 6.45) is -0.0597. The van der Waals surface area contributed by atoms with Gasteiger partial charge < -0.3 is 0 Å². The Bertz CT molecular complexity index is 535. The van der Waals surface area contributed by atoms with Crippen LogP contribution >= 0.6 is 27.5 Å². The molecule has 0 radical (unpaired) electrons. The molecule has 1 fully saturated rings. The van der Waals surface area contributed by atoms with Crippen LogP contribution in [0.1, 0.15) is 56.1 Å². The largest absolute Gasteiger partial charge is 0.299 e. The molecule has 1 aromatic carbocycles. The maximum atomic E-state index is 13.3. The molecule has 0 spiro atoms. The van der Waals surface area contributed by atoms with Crippen LogP contribution in [0.5, 0.6) is 0 Å². The highest BCUT2D eigenvalue weighted by Gasteiger charge is 2.59. The van der Waals surface area contributed by atoms with Crippen molar-refractivity contribution in [2.24, 2.45) is 5.41 Å². The zero-order valence-corrected chi connectivity index (χ0v) is 14.2. The first-order valence-electron chi connectivity index (χ1n) is 7.13. The maximum Gasteiger partial charge on any atom is 0.264 e. The molecule has 0 saturated heterocycles. The molecule has 0 aromatic heterocycles. The fourth-order valence-electron chi connectivity index (χ4n) is 3.13.